The molecule has 0 atom stereocenters. The molecular formula is C94H108N4+4. The topological polar surface area (TPSA) is 15.5 Å². The third kappa shape index (κ3) is 17.4. The van der Waals surface area contributed by atoms with E-state index in [0.717, 1.165) is 63.2 Å². The van der Waals surface area contributed by atoms with E-state index in [4.69, 9.17) is 13.7 Å². The van der Waals surface area contributed by atoms with Crippen molar-refractivity contribution in [2.75, 3.05) is 0 Å². The molecule has 0 aliphatic carbocycles. The SMILES string of the molecule is CCc1c[n+](C)c(-c2cc(-c3ccccc3)c(C)cc2C)cc1C.CCc1cc(-c2cc(-c3ccccc3)c(C)cc2C)[n+](C)cc1C.[2H]C([2H])([2H])c1cc(C)c(-c2cc(C)c(C([2H])([2H])C)c[n+]2C)cc1-c1ccccc1.[2H]C([2H])([2H])c1cc(C)c(-c2ccc(C([2H])([2H])C(C)(C)C)c[n+]2C)cc1-c1ccccc1. The molecule has 0 unspecified atom stereocenters. The summed E-state index contributed by atoms with van der Waals surface area (Å²) in [7, 11) is 8.08. The highest BCUT2D eigenvalue weighted by molar-refractivity contribution is 5.79. The van der Waals surface area contributed by atoms with Gasteiger partial charge in [-0.3, -0.25) is 0 Å². The Morgan fingerprint density at radius 1 is 0.296 bits per heavy atom. The first kappa shape index (κ1) is 59.6. The summed E-state index contributed by atoms with van der Waals surface area (Å²) in [6.07, 6.45) is 7.39. The Morgan fingerprint density at radius 2 is 0.612 bits per heavy atom. The Labute approximate surface area is 603 Å². The quantitative estimate of drug-likeness (QED) is 0.108. The molecule has 0 spiro atoms. The first-order valence-electron chi connectivity index (χ1n) is 39.4. The van der Waals surface area contributed by atoms with Gasteiger partial charge in [-0.15, -0.1) is 0 Å². The van der Waals surface area contributed by atoms with E-state index in [0.29, 0.717) is 33.4 Å². The van der Waals surface area contributed by atoms with E-state index in [-0.39, 0.29) is 0 Å². The Bertz CT molecular complexity index is 5200. The molecule has 0 N–H and O–H groups in total. The molecule has 0 radical (unpaired) electrons. The van der Waals surface area contributed by atoms with Crippen LogP contribution in [0.3, 0.4) is 0 Å². The van der Waals surface area contributed by atoms with Crippen LogP contribution in [0.1, 0.15) is 139 Å². The van der Waals surface area contributed by atoms with E-state index in [1.807, 2.05) is 168 Å². The molecule has 0 aliphatic rings. The van der Waals surface area contributed by atoms with Gasteiger partial charge >= 0.3 is 0 Å². The zero-order valence-electron chi connectivity index (χ0n) is 71.6. The number of nitrogens with zero attached hydrogens (tertiary/aromatic N) is 4. The number of benzene rings is 8. The molecule has 0 amide bonds. The minimum absolute atomic E-state index is 0.336. The second kappa shape index (κ2) is 32.1. The molecule has 12 rings (SSSR count). The minimum Gasteiger partial charge on any atom is -0.201 e. The van der Waals surface area contributed by atoms with Crippen molar-refractivity contribution in [3.63, 3.8) is 0 Å². The molecule has 98 heavy (non-hydrogen) atoms. The lowest BCUT2D eigenvalue weighted by atomic mass is 9.88. The smallest absolute Gasteiger partial charge is 0.201 e. The lowest BCUT2D eigenvalue weighted by Gasteiger charge is -2.17. The van der Waals surface area contributed by atoms with E-state index in [9.17, 15) is 0 Å². The molecule has 0 saturated heterocycles. The average molecular weight is 1300 g/mol. The Morgan fingerprint density at radius 3 is 0.969 bits per heavy atom. The number of aromatic nitrogens is 4. The predicted octanol–water partition coefficient (Wildman–Crippen LogP) is 22.0. The summed E-state index contributed by atoms with van der Waals surface area (Å²) >= 11 is 0. The number of hydrogen-bond donors (Lipinski definition) is 0. The fourth-order valence-corrected chi connectivity index (χ4v) is 13.4. The van der Waals surface area contributed by atoms with E-state index < -0.39 is 31.9 Å². The zero-order chi connectivity index (χ0) is 79.3. The molecule has 4 heterocycles. The lowest BCUT2D eigenvalue weighted by Crippen LogP contribution is -2.32. The predicted molar refractivity (Wildman–Crippen MR) is 417 cm³/mol. The molecule has 12 aromatic rings. The van der Waals surface area contributed by atoms with Crippen molar-refractivity contribution in [2.45, 2.75) is 143 Å². The highest BCUT2D eigenvalue weighted by Crippen LogP contribution is 2.36. The van der Waals surface area contributed by atoms with Gasteiger partial charge in [0.05, 0.1) is 0 Å². The maximum absolute atomic E-state index is 8.57. The maximum Gasteiger partial charge on any atom is 0.212 e. The van der Waals surface area contributed by atoms with Gasteiger partial charge in [0.2, 0.25) is 22.8 Å². The number of aryl methyl sites for hydroxylation is 18. The van der Waals surface area contributed by atoms with Crippen LogP contribution in [0.5, 0.6) is 0 Å². The van der Waals surface area contributed by atoms with Crippen molar-refractivity contribution in [2.24, 2.45) is 33.6 Å². The van der Waals surface area contributed by atoms with Gasteiger partial charge in [-0.25, -0.2) is 18.3 Å². The van der Waals surface area contributed by atoms with Crippen LogP contribution < -0.4 is 18.3 Å². The highest BCUT2D eigenvalue weighted by Gasteiger charge is 2.23. The normalized spacial score (nSPS) is 13.1. The van der Waals surface area contributed by atoms with Gasteiger partial charge < -0.3 is 0 Å². The van der Waals surface area contributed by atoms with E-state index >= 15 is 0 Å². The van der Waals surface area contributed by atoms with Crippen LogP contribution in [-0.4, -0.2) is 0 Å². The van der Waals surface area contributed by atoms with Crippen LogP contribution in [-0.2, 0) is 53.8 Å². The molecule has 4 heteroatoms. The van der Waals surface area contributed by atoms with Gasteiger partial charge in [0, 0.05) is 82.5 Å². The molecule has 0 aliphatic heterocycles. The van der Waals surface area contributed by atoms with Gasteiger partial charge in [0.1, 0.15) is 28.2 Å². The van der Waals surface area contributed by atoms with E-state index in [1.165, 1.54) is 89.3 Å². The summed E-state index contributed by atoms with van der Waals surface area (Å²) in [4.78, 5) is 0. The first-order chi connectivity index (χ1) is 50.6. The van der Waals surface area contributed by atoms with Gasteiger partial charge in [0.15, 0.2) is 24.8 Å². The molecule has 4 aromatic heterocycles. The minimum atomic E-state index is -2.22. The lowest BCUT2D eigenvalue weighted by molar-refractivity contribution is -0.661. The number of pyridine rings is 4. The Kier molecular flexibility index (Phi) is 19.6. The van der Waals surface area contributed by atoms with Gasteiger partial charge in [-0.05, 0) is 243 Å². The van der Waals surface area contributed by atoms with Gasteiger partial charge in [-0.2, -0.15) is 0 Å². The fourth-order valence-electron chi connectivity index (χ4n) is 13.4. The molecule has 0 saturated carbocycles. The van der Waals surface area contributed by atoms with Gasteiger partial charge in [0.25, 0.3) is 0 Å². The maximum atomic E-state index is 8.57. The molecular weight excluding hydrogens is 1190 g/mol. The van der Waals surface area contributed by atoms with Crippen molar-refractivity contribution in [1.29, 1.82) is 0 Å². The van der Waals surface area contributed by atoms with Crippen molar-refractivity contribution in [1.82, 2.24) is 0 Å². The fraction of sp³-hybridized carbons (Fsp3) is 0.277. The molecule has 4 nitrogen and oxygen atoms in total. The summed E-state index contributed by atoms with van der Waals surface area (Å²) in [6, 6.07) is 67.6. The van der Waals surface area contributed by atoms with Crippen molar-refractivity contribution < 1.29 is 32.0 Å². The van der Waals surface area contributed by atoms with Crippen molar-refractivity contribution in [3.05, 3.63) is 308 Å². The monoisotopic (exact) mass is 1300 g/mol. The highest BCUT2D eigenvalue weighted by atomic mass is 14.9. The third-order valence-corrected chi connectivity index (χ3v) is 18.7. The first-order valence-corrected chi connectivity index (χ1v) is 34.4. The van der Waals surface area contributed by atoms with Crippen LogP contribution in [0, 0.1) is 81.4 Å². The summed E-state index contributed by atoms with van der Waals surface area (Å²) in [6.45, 7) is 26.2. The van der Waals surface area contributed by atoms with Crippen molar-refractivity contribution in [3.8, 4) is 89.5 Å². The summed E-state index contributed by atoms with van der Waals surface area (Å²) in [5, 5.41) is 0. The summed E-state index contributed by atoms with van der Waals surface area (Å²) in [5.74, 6) is 0. The molecule has 500 valence electrons. The average Bonchev–Trinajstić information content (AvgIpc) is 0.770. The molecule has 0 fully saturated rings. The van der Waals surface area contributed by atoms with Crippen LogP contribution in [0.15, 0.2) is 225 Å². The van der Waals surface area contributed by atoms with Crippen LogP contribution in [0.25, 0.3) is 89.5 Å². The Balaban J connectivity index is 0.000000167. The number of hydrogen-bond acceptors (Lipinski definition) is 0. The second-order valence-electron chi connectivity index (χ2n) is 27.4. The van der Waals surface area contributed by atoms with Crippen molar-refractivity contribution >= 4 is 0 Å². The van der Waals surface area contributed by atoms with Crippen LogP contribution in [0.2, 0.25) is 0 Å². The molecule has 8 aromatic carbocycles. The summed E-state index contributed by atoms with van der Waals surface area (Å²) in [5.41, 5.74) is 32.0. The standard InChI is InChI=1S/C25H30N.3C23H26N/c1-18-14-19(2)23(15-22(18)21-10-8-7-9-11-21)24-13-12-20(17-26(24)6)16-25(3,4)5;2*1-6-19-15-24(5)23(13-16(19)2)22-14-21(17(3)12-18(22)4)20-10-8-7-9-11-20;1-6-19-13-23(24(5)15-18(19)4)22-14-21(16(2)12-17(22)3)20-10-8-7-9-11-20/h7-15,17H,16H2,1-6H3;3*7-15H,6H2,1-5H3/q4*+1/i1D3,16D2;3D3,6D2;;. The van der Waals surface area contributed by atoms with E-state index in [2.05, 4.69) is 188 Å². The largest absolute Gasteiger partial charge is 0.212 e. The Hall–Kier alpha value is -9.64. The third-order valence-electron chi connectivity index (χ3n) is 18.7. The number of rotatable bonds is 12. The van der Waals surface area contributed by atoms with Gasteiger partial charge in [-0.1, -0.05) is 187 Å². The zero-order valence-corrected chi connectivity index (χ0v) is 61.6. The molecule has 0 bridgehead atoms. The van der Waals surface area contributed by atoms with Crippen LogP contribution >= 0.6 is 0 Å². The second-order valence-corrected chi connectivity index (χ2v) is 27.4. The van der Waals surface area contributed by atoms with Crippen LogP contribution in [0.4, 0.5) is 0 Å². The van der Waals surface area contributed by atoms with E-state index in [1.54, 1.807) is 19.1 Å². The summed E-state index contributed by atoms with van der Waals surface area (Å²) < 4.78 is 89.6.